The lowest BCUT2D eigenvalue weighted by Gasteiger charge is -2.16. The molecule has 25 heavy (non-hydrogen) atoms. The van der Waals surface area contributed by atoms with E-state index in [0.717, 1.165) is 0 Å². The van der Waals surface area contributed by atoms with Crippen molar-refractivity contribution in [3.05, 3.63) is 29.8 Å². The van der Waals surface area contributed by atoms with E-state index in [9.17, 15) is 13.2 Å². The van der Waals surface area contributed by atoms with Crippen LogP contribution in [0.3, 0.4) is 0 Å². The van der Waals surface area contributed by atoms with E-state index in [-0.39, 0.29) is 17.3 Å². The number of benzene rings is 1. The lowest BCUT2D eigenvalue weighted by Crippen LogP contribution is -2.36. The fourth-order valence-electron chi connectivity index (χ4n) is 2.92. The molecule has 1 aliphatic rings. The van der Waals surface area contributed by atoms with E-state index in [1.165, 1.54) is 69.9 Å². The monoisotopic (exact) mass is 390 g/mol. The molecule has 0 heterocycles. The third kappa shape index (κ3) is 6.93. The van der Waals surface area contributed by atoms with Crippen LogP contribution in [0.25, 0.3) is 0 Å². The summed E-state index contributed by atoms with van der Waals surface area (Å²) in [6.45, 7) is 0.960. The van der Waals surface area contributed by atoms with Crippen LogP contribution < -0.4 is 10.0 Å². The van der Waals surface area contributed by atoms with Gasteiger partial charge in [0.2, 0.25) is 10.0 Å². The second kappa shape index (κ2) is 10.8. The highest BCUT2D eigenvalue weighted by Gasteiger charge is 2.15. The molecule has 6 nitrogen and oxygen atoms in total. The SMILES string of the molecule is COC(=O)c1ccc(S(=O)(=O)NCCNC2CCCCCC2)cc1.Cl. The van der Waals surface area contributed by atoms with Crippen molar-refractivity contribution in [1.29, 1.82) is 0 Å². The quantitative estimate of drug-likeness (QED) is 0.424. The van der Waals surface area contributed by atoms with Crippen molar-refractivity contribution in [2.75, 3.05) is 20.2 Å². The molecule has 2 rings (SSSR count). The minimum atomic E-state index is -3.56. The zero-order valence-corrected chi connectivity index (χ0v) is 16.1. The van der Waals surface area contributed by atoms with Crippen LogP contribution in [-0.4, -0.2) is 40.6 Å². The molecular weight excluding hydrogens is 364 g/mol. The van der Waals surface area contributed by atoms with Crippen molar-refractivity contribution >= 4 is 28.4 Å². The van der Waals surface area contributed by atoms with Crippen molar-refractivity contribution < 1.29 is 17.9 Å². The average Bonchev–Trinajstić information content (AvgIpc) is 2.87. The normalized spacial score (nSPS) is 15.9. The lowest BCUT2D eigenvalue weighted by molar-refractivity contribution is 0.0600. The zero-order valence-electron chi connectivity index (χ0n) is 14.5. The number of halogens is 1. The fourth-order valence-corrected chi connectivity index (χ4v) is 3.95. The Kier molecular flexibility index (Phi) is 9.42. The first kappa shape index (κ1) is 21.9. The molecule has 0 amide bonds. The van der Waals surface area contributed by atoms with Crippen molar-refractivity contribution in [1.82, 2.24) is 10.0 Å². The predicted molar refractivity (Wildman–Crippen MR) is 99.7 cm³/mol. The number of hydrogen-bond donors (Lipinski definition) is 2. The summed E-state index contributed by atoms with van der Waals surface area (Å²) < 4.78 is 31.6. The molecule has 0 saturated heterocycles. The number of esters is 1. The van der Waals surface area contributed by atoms with Crippen molar-refractivity contribution in [3.8, 4) is 0 Å². The predicted octanol–water partition coefficient (Wildman–Crippen LogP) is 2.49. The minimum Gasteiger partial charge on any atom is -0.465 e. The molecule has 0 unspecified atom stereocenters. The first-order valence-electron chi connectivity index (χ1n) is 8.44. The molecule has 8 heteroatoms. The van der Waals surface area contributed by atoms with Crippen LogP contribution in [0.4, 0.5) is 0 Å². The minimum absolute atomic E-state index is 0. The van der Waals surface area contributed by atoms with E-state index in [0.29, 0.717) is 24.7 Å². The maximum Gasteiger partial charge on any atom is 0.337 e. The van der Waals surface area contributed by atoms with Crippen LogP contribution in [0.5, 0.6) is 0 Å². The largest absolute Gasteiger partial charge is 0.465 e. The van der Waals surface area contributed by atoms with Gasteiger partial charge in [-0.2, -0.15) is 0 Å². The first-order valence-corrected chi connectivity index (χ1v) is 9.92. The van der Waals surface area contributed by atoms with E-state index < -0.39 is 16.0 Å². The van der Waals surface area contributed by atoms with Crippen LogP contribution >= 0.6 is 12.4 Å². The summed E-state index contributed by atoms with van der Waals surface area (Å²) in [5.74, 6) is -0.487. The van der Waals surface area contributed by atoms with Crippen molar-refractivity contribution in [3.63, 3.8) is 0 Å². The lowest BCUT2D eigenvalue weighted by atomic mass is 10.1. The van der Waals surface area contributed by atoms with E-state index >= 15 is 0 Å². The molecule has 1 aliphatic carbocycles. The van der Waals surface area contributed by atoms with Crippen LogP contribution in [-0.2, 0) is 14.8 Å². The number of sulfonamides is 1. The van der Waals surface area contributed by atoms with E-state index in [1.54, 1.807) is 0 Å². The molecule has 1 aromatic rings. The van der Waals surface area contributed by atoms with Gasteiger partial charge in [-0.15, -0.1) is 12.4 Å². The second-order valence-electron chi connectivity index (χ2n) is 6.06. The number of ether oxygens (including phenoxy) is 1. The molecule has 0 bridgehead atoms. The van der Waals surface area contributed by atoms with E-state index in [1.807, 2.05) is 0 Å². The number of methoxy groups -OCH3 is 1. The molecule has 0 aromatic heterocycles. The van der Waals surface area contributed by atoms with Gasteiger partial charge < -0.3 is 10.1 Å². The summed E-state index contributed by atoms with van der Waals surface area (Å²) in [7, 11) is -2.27. The number of carbonyl (C=O) groups excluding carboxylic acids is 1. The molecular formula is C17H27ClN2O4S. The highest BCUT2D eigenvalue weighted by molar-refractivity contribution is 7.89. The summed E-state index contributed by atoms with van der Waals surface area (Å²) in [4.78, 5) is 11.5. The maximum atomic E-state index is 12.2. The van der Waals surface area contributed by atoms with Gasteiger partial charge in [0.05, 0.1) is 17.6 Å². The number of nitrogens with one attached hydrogen (secondary N) is 2. The summed E-state index contributed by atoms with van der Waals surface area (Å²) >= 11 is 0. The molecule has 1 aromatic carbocycles. The Morgan fingerprint density at radius 3 is 2.24 bits per heavy atom. The van der Waals surface area contributed by atoms with Crippen LogP contribution in [0.2, 0.25) is 0 Å². The number of carbonyl (C=O) groups is 1. The number of rotatable bonds is 7. The number of hydrogen-bond acceptors (Lipinski definition) is 5. The highest BCUT2D eigenvalue weighted by Crippen LogP contribution is 2.17. The summed E-state index contributed by atoms with van der Waals surface area (Å²) in [6.07, 6.45) is 7.42. The van der Waals surface area contributed by atoms with Crippen LogP contribution in [0.1, 0.15) is 48.9 Å². The van der Waals surface area contributed by atoms with E-state index in [2.05, 4.69) is 14.8 Å². The molecule has 142 valence electrons. The van der Waals surface area contributed by atoms with Gasteiger partial charge in [-0.25, -0.2) is 17.9 Å². The fraction of sp³-hybridized carbons (Fsp3) is 0.588. The van der Waals surface area contributed by atoms with Gasteiger partial charge in [0.1, 0.15) is 0 Å². The third-order valence-electron chi connectivity index (χ3n) is 4.29. The topological polar surface area (TPSA) is 84.5 Å². The smallest absolute Gasteiger partial charge is 0.337 e. The van der Waals surface area contributed by atoms with Crippen molar-refractivity contribution in [2.24, 2.45) is 0 Å². The molecule has 0 radical (unpaired) electrons. The zero-order chi connectivity index (χ0) is 17.4. The Labute approximate surface area is 156 Å². The standard InChI is InChI=1S/C17H26N2O4S.ClH/c1-23-17(20)14-8-10-16(11-9-14)24(21,22)19-13-12-18-15-6-4-2-3-5-7-15;/h8-11,15,18-19H,2-7,12-13H2,1H3;1H. The molecule has 1 fully saturated rings. The van der Waals surface area contributed by atoms with Crippen LogP contribution in [0.15, 0.2) is 29.2 Å². The van der Waals surface area contributed by atoms with Gasteiger partial charge in [0.25, 0.3) is 0 Å². The summed E-state index contributed by atoms with van der Waals surface area (Å²) in [5.41, 5.74) is 0.325. The molecule has 2 N–H and O–H groups in total. The van der Waals surface area contributed by atoms with Gasteiger partial charge in [-0.1, -0.05) is 25.7 Å². The Morgan fingerprint density at radius 1 is 1.08 bits per heavy atom. The summed E-state index contributed by atoms with van der Waals surface area (Å²) in [5, 5.41) is 3.43. The first-order chi connectivity index (χ1) is 11.5. The molecule has 0 aliphatic heterocycles. The molecule has 0 spiro atoms. The Bertz CT molecular complexity index is 627. The van der Waals surface area contributed by atoms with Gasteiger partial charge in [0.15, 0.2) is 0 Å². The second-order valence-corrected chi connectivity index (χ2v) is 7.82. The van der Waals surface area contributed by atoms with E-state index in [4.69, 9.17) is 0 Å². The van der Waals surface area contributed by atoms with Crippen LogP contribution in [0, 0.1) is 0 Å². The Balaban J connectivity index is 0.00000312. The van der Waals surface area contributed by atoms with Gasteiger partial charge in [-0.05, 0) is 37.1 Å². The molecule has 0 atom stereocenters. The summed E-state index contributed by atoms with van der Waals surface area (Å²) in [6, 6.07) is 6.21. The third-order valence-corrected chi connectivity index (χ3v) is 5.77. The van der Waals surface area contributed by atoms with Gasteiger partial charge >= 0.3 is 5.97 Å². The maximum absolute atomic E-state index is 12.2. The Morgan fingerprint density at radius 2 is 1.68 bits per heavy atom. The van der Waals surface area contributed by atoms with Gasteiger partial charge in [-0.3, -0.25) is 0 Å². The van der Waals surface area contributed by atoms with Crippen molar-refractivity contribution in [2.45, 2.75) is 49.5 Å². The van der Waals surface area contributed by atoms with Gasteiger partial charge in [0, 0.05) is 19.1 Å². The highest BCUT2D eigenvalue weighted by atomic mass is 35.5. The Hall–Kier alpha value is -1.15. The molecule has 1 saturated carbocycles. The average molecular weight is 391 g/mol.